The molecule has 1 heterocycles. The fourth-order valence-corrected chi connectivity index (χ4v) is 3.71. The van der Waals surface area contributed by atoms with Gasteiger partial charge in [-0.3, -0.25) is 9.59 Å². The maximum absolute atomic E-state index is 12.4. The molecular formula is C20H28N2O3. The zero-order chi connectivity index (χ0) is 17.5. The number of hydrogen-bond donors (Lipinski definition) is 1. The quantitative estimate of drug-likeness (QED) is 0.893. The lowest BCUT2D eigenvalue weighted by Gasteiger charge is -2.32. The van der Waals surface area contributed by atoms with Crippen LogP contribution in [-0.2, 0) is 9.59 Å². The molecule has 2 fully saturated rings. The van der Waals surface area contributed by atoms with E-state index in [2.05, 4.69) is 5.32 Å². The third-order valence-corrected chi connectivity index (χ3v) is 5.28. The van der Waals surface area contributed by atoms with Gasteiger partial charge < -0.3 is 15.0 Å². The van der Waals surface area contributed by atoms with Crippen molar-refractivity contribution in [2.24, 2.45) is 5.92 Å². The van der Waals surface area contributed by atoms with Crippen LogP contribution >= 0.6 is 0 Å². The Hall–Kier alpha value is -2.04. The Balaban J connectivity index is 1.38. The number of nitrogens with zero attached hydrogens (tertiary/aromatic N) is 1. The molecule has 1 N–H and O–H groups in total. The van der Waals surface area contributed by atoms with Gasteiger partial charge in [0.1, 0.15) is 5.75 Å². The zero-order valence-electron chi connectivity index (χ0n) is 14.8. The maximum atomic E-state index is 12.4. The van der Waals surface area contributed by atoms with Crippen LogP contribution in [0.25, 0.3) is 0 Å². The normalized spacial score (nSPS) is 19.4. The standard InChI is InChI=1S/C20H28N2O3/c23-19(15-25-18-9-5-2-6-10-18)22-13-11-16(12-14-22)20(24)21-17-7-3-1-4-8-17/h2,5-6,9-10,16-17H,1,3-4,7-8,11-15H2,(H,21,24). The summed E-state index contributed by atoms with van der Waals surface area (Å²) in [5, 5.41) is 3.21. The van der Waals surface area contributed by atoms with Gasteiger partial charge in [0, 0.05) is 25.0 Å². The van der Waals surface area contributed by atoms with Gasteiger partial charge in [-0.25, -0.2) is 0 Å². The highest BCUT2D eigenvalue weighted by atomic mass is 16.5. The van der Waals surface area contributed by atoms with Crippen LogP contribution in [0.4, 0.5) is 0 Å². The summed E-state index contributed by atoms with van der Waals surface area (Å²) in [6.07, 6.45) is 7.45. The summed E-state index contributed by atoms with van der Waals surface area (Å²) in [7, 11) is 0. The van der Waals surface area contributed by atoms with Crippen LogP contribution in [0.15, 0.2) is 30.3 Å². The van der Waals surface area contributed by atoms with Crippen molar-refractivity contribution in [2.45, 2.75) is 51.0 Å². The summed E-state index contributed by atoms with van der Waals surface area (Å²) >= 11 is 0. The molecule has 1 aliphatic carbocycles. The van der Waals surface area contributed by atoms with E-state index in [4.69, 9.17) is 4.74 Å². The Labute approximate surface area is 149 Å². The van der Waals surface area contributed by atoms with Crippen molar-refractivity contribution in [3.63, 3.8) is 0 Å². The predicted octanol–water partition coefficient (Wildman–Crippen LogP) is 2.75. The third-order valence-electron chi connectivity index (χ3n) is 5.28. The molecule has 1 saturated carbocycles. The number of likely N-dealkylation sites (tertiary alicyclic amines) is 1. The second kappa shape index (κ2) is 8.88. The van der Waals surface area contributed by atoms with Crippen LogP contribution in [0.5, 0.6) is 5.75 Å². The van der Waals surface area contributed by atoms with Crippen molar-refractivity contribution < 1.29 is 14.3 Å². The Kier molecular flexibility index (Phi) is 6.31. The lowest BCUT2D eigenvalue weighted by molar-refractivity contribution is -0.137. The molecule has 1 saturated heterocycles. The van der Waals surface area contributed by atoms with E-state index in [-0.39, 0.29) is 24.3 Å². The first kappa shape index (κ1) is 17.8. The summed E-state index contributed by atoms with van der Waals surface area (Å²) in [5.74, 6) is 0.924. The van der Waals surface area contributed by atoms with Crippen LogP contribution in [0.3, 0.4) is 0 Å². The first-order valence-electron chi connectivity index (χ1n) is 9.48. The largest absolute Gasteiger partial charge is 0.484 e. The lowest BCUT2D eigenvalue weighted by Crippen LogP contribution is -2.46. The van der Waals surface area contributed by atoms with Crippen molar-refractivity contribution in [3.8, 4) is 5.75 Å². The molecule has 3 rings (SSSR count). The Morgan fingerprint density at radius 2 is 1.68 bits per heavy atom. The Morgan fingerprint density at radius 1 is 1.00 bits per heavy atom. The molecule has 0 spiro atoms. The van der Waals surface area contributed by atoms with Gasteiger partial charge in [0.05, 0.1) is 0 Å². The van der Waals surface area contributed by atoms with E-state index in [0.29, 0.717) is 24.9 Å². The molecule has 5 nitrogen and oxygen atoms in total. The van der Waals surface area contributed by atoms with E-state index < -0.39 is 0 Å². The number of para-hydroxylation sites is 1. The summed E-state index contributed by atoms with van der Waals surface area (Å²) in [5.41, 5.74) is 0. The van der Waals surface area contributed by atoms with E-state index in [1.165, 1.54) is 19.3 Å². The maximum Gasteiger partial charge on any atom is 0.260 e. The van der Waals surface area contributed by atoms with Crippen molar-refractivity contribution in [2.75, 3.05) is 19.7 Å². The van der Waals surface area contributed by atoms with Crippen molar-refractivity contribution >= 4 is 11.8 Å². The molecule has 0 radical (unpaired) electrons. The number of carbonyl (C=O) groups is 2. The number of hydrogen-bond acceptors (Lipinski definition) is 3. The van der Waals surface area contributed by atoms with Gasteiger partial charge in [-0.15, -0.1) is 0 Å². The minimum Gasteiger partial charge on any atom is -0.484 e. The highest BCUT2D eigenvalue weighted by Gasteiger charge is 2.28. The minimum absolute atomic E-state index is 0.00464. The molecule has 0 bridgehead atoms. The van der Waals surface area contributed by atoms with Gasteiger partial charge in [-0.1, -0.05) is 37.5 Å². The number of benzene rings is 1. The Bertz CT molecular complexity index is 562. The highest BCUT2D eigenvalue weighted by Crippen LogP contribution is 2.21. The summed E-state index contributed by atoms with van der Waals surface area (Å²) < 4.78 is 5.53. The lowest BCUT2D eigenvalue weighted by atomic mass is 9.92. The van der Waals surface area contributed by atoms with Crippen molar-refractivity contribution in [3.05, 3.63) is 30.3 Å². The van der Waals surface area contributed by atoms with Crippen LogP contribution in [0, 0.1) is 5.92 Å². The molecule has 0 atom stereocenters. The third kappa shape index (κ3) is 5.21. The van der Waals surface area contributed by atoms with E-state index >= 15 is 0 Å². The number of carbonyl (C=O) groups excluding carboxylic acids is 2. The summed E-state index contributed by atoms with van der Waals surface area (Å²) in [6.45, 7) is 1.34. The van der Waals surface area contributed by atoms with Gasteiger partial charge in [0.25, 0.3) is 5.91 Å². The van der Waals surface area contributed by atoms with E-state index in [0.717, 1.165) is 25.7 Å². The molecule has 136 valence electrons. The van der Waals surface area contributed by atoms with Gasteiger partial charge >= 0.3 is 0 Å². The molecule has 1 aliphatic heterocycles. The van der Waals surface area contributed by atoms with Crippen LogP contribution in [0.1, 0.15) is 44.9 Å². The van der Waals surface area contributed by atoms with Gasteiger partial charge in [-0.05, 0) is 37.8 Å². The number of rotatable bonds is 5. The predicted molar refractivity (Wildman–Crippen MR) is 96.3 cm³/mol. The molecule has 0 unspecified atom stereocenters. The Morgan fingerprint density at radius 3 is 2.36 bits per heavy atom. The monoisotopic (exact) mass is 344 g/mol. The molecule has 25 heavy (non-hydrogen) atoms. The van der Waals surface area contributed by atoms with Gasteiger partial charge in [-0.2, -0.15) is 0 Å². The second-order valence-electron chi connectivity index (χ2n) is 7.10. The van der Waals surface area contributed by atoms with Crippen LogP contribution in [0.2, 0.25) is 0 Å². The molecular weight excluding hydrogens is 316 g/mol. The van der Waals surface area contributed by atoms with E-state index in [1.54, 1.807) is 0 Å². The molecule has 0 aromatic heterocycles. The fraction of sp³-hybridized carbons (Fsp3) is 0.600. The van der Waals surface area contributed by atoms with Gasteiger partial charge in [0.15, 0.2) is 6.61 Å². The molecule has 2 aliphatic rings. The molecule has 1 aromatic rings. The smallest absolute Gasteiger partial charge is 0.260 e. The second-order valence-corrected chi connectivity index (χ2v) is 7.10. The minimum atomic E-state index is -0.00464. The topological polar surface area (TPSA) is 58.6 Å². The van der Waals surface area contributed by atoms with E-state index in [9.17, 15) is 9.59 Å². The SMILES string of the molecule is O=C(NC1CCCCC1)C1CCN(C(=O)COc2ccccc2)CC1. The molecule has 2 amide bonds. The van der Waals surface area contributed by atoms with Crippen molar-refractivity contribution in [1.82, 2.24) is 10.2 Å². The summed E-state index contributed by atoms with van der Waals surface area (Å²) in [6, 6.07) is 9.73. The zero-order valence-corrected chi connectivity index (χ0v) is 14.8. The highest BCUT2D eigenvalue weighted by molar-refractivity contribution is 5.80. The number of nitrogens with one attached hydrogen (secondary N) is 1. The first-order chi connectivity index (χ1) is 12.2. The number of amides is 2. The average Bonchev–Trinajstić information content (AvgIpc) is 2.68. The molecule has 5 heteroatoms. The number of piperidine rings is 1. The van der Waals surface area contributed by atoms with Crippen molar-refractivity contribution in [1.29, 1.82) is 0 Å². The average molecular weight is 344 g/mol. The number of ether oxygens (including phenoxy) is 1. The van der Waals surface area contributed by atoms with Crippen LogP contribution in [-0.4, -0.2) is 42.5 Å². The molecule has 1 aromatic carbocycles. The fourth-order valence-electron chi connectivity index (χ4n) is 3.71. The van der Waals surface area contributed by atoms with E-state index in [1.807, 2.05) is 35.2 Å². The van der Waals surface area contributed by atoms with Crippen LogP contribution < -0.4 is 10.1 Å². The first-order valence-corrected chi connectivity index (χ1v) is 9.48. The van der Waals surface area contributed by atoms with Gasteiger partial charge in [0.2, 0.25) is 5.91 Å². The summed E-state index contributed by atoms with van der Waals surface area (Å²) in [4.78, 5) is 26.5.